The number of halogens is 6. The molecule has 3 aromatic rings. The molecule has 1 atom stereocenters. The molecule has 0 radical (unpaired) electrons. The van der Waals surface area contributed by atoms with Crippen molar-refractivity contribution in [3.05, 3.63) is 111 Å². The number of amides is 1. The van der Waals surface area contributed by atoms with E-state index in [4.69, 9.17) is 11.6 Å². The van der Waals surface area contributed by atoms with Crippen molar-refractivity contribution in [2.45, 2.75) is 25.6 Å². The van der Waals surface area contributed by atoms with E-state index in [9.17, 15) is 31.5 Å². The van der Waals surface area contributed by atoms with Gasteiger partial charge in [-0.15, -0.1) is 0 Å². The molecule has 188 valence electrons. The van der Waals surface area contributed by atoms with Gasteiger partial charge in [0.05, 0.1) is 16.5 Å². The second kappa shape index (κ2) is 11.0. The van der Waals surface area contributed by atoms with Gasteiger partial charge in [-0.05, 0) is 41.8 Å². The smallest absolute Gasteiger partial charge is 0.337 e. The molecule has 36 heavy (non-hydrogen) atoms. The van der Waals surface area contributed by atoms with Gasteiger partial charge in [0.2, 0.25) is 0 Å². The summed E-state index contributed by atoms with van der Waals surface area (Å²) in [5, 5.41) is -0.419. The molecule has 0 bridgehead atoms. The monoisotopic (exact) mass is 521 g/mol. The average Bonchev–Trinajstić information content (AvgIpc) is 2.82. The van der Waals surface area contributed by atoms with Crippen LogP contribution in [0.5, 0.6) is 0 Å². The zero-order valence-corrected chi connectivity index (χ0v) is 20.0. The van der Waals surface area contributed by atoms with E-state index < -0.39 is 34.7 Å². The van der Waals surface area contributed by atoms with E-state index in [1.54, 1.807) is 12.1 Å². The molecule has 0 aliphatic heterocycles. The zero-order chi connectivity index (χ0) is 26.6. The minimum Gasteiger partial charge on any atom is -0.337 e. The number of nitrogens with zero attached hydrogens (tertiary/aromatic N) is 1. The van der Waals surface area contributed by atoms with Crippen LogP contribution in [-0.2, 0) is 6.54 Å². The van der Waals surface area contributed by atoms with E-state index in [2.05, 4.69) is 0 Å². The largest absolute Gasteiger partial charge is 0.399 e. The third-order valence-electron chi connectivity index (χ3n) is 5.57. The molecule has 0 saturated carbocycles. The van der Waals surface area contributed by atoms with Crippen LogP contribution in [-0.4, -0.2) is 30.3 Å². The first kappa shape index (κ1) is 27.1. The molecular formula is C27H21ClF5NO2. The van der Waals surface area contributed by atoms with Gasteiger partial charge in [0.1, 0.15) is 11.6 Å². The van der Waals surface area contributed by atoms with E-state index in [1.165, 1.54) is 43.1 Å². The fraction of sp³-hybridized carbons (Fsp3) is 0.185. The Labute approximate surface area is 209 Å². The Kier molecular flexibility index (Phi) is 8.30. The highest BCUT2D eigenvalue weighted by atomic mass is 35.5. The molecule has 1 unspecified atom stereocenters. The van der Waals surface area contributed by atoms with Crippen molar-refractivity contribution in [3.63, 3.8) is 0 Å². The maximum absolute atomic E-state index is 14.7. The summed E-state index contributed by atoms with van der Waals surface area (Å²) in [5.74, 6) is -4.08. The van der Waals surface area contributed by atoms with Crippen LogP contribution in [0.1, 0.15) is 48.9 Å². The zero-order valence-electron chi connectivity index (χ0n) is 19.2. The van der Waals surface area contributed by atoms with Crippen molar-refractivity contribution in [1.29, 1.82) is 0 Å². The summed E-state index contributed by atoms with van der Waals surface area (Å²) in [6, 6.07) is 12.0. The highest BCUT2D eigenvalue weighted by Gasteiger charge is 2.39. The van der Waals surface area contributed by atoms with Gasteiger partial charge in [0.25, 0.3) is 5.91 Å². The lowest BCUT2D eigenvalue weighted by Crippen LogP contribution is -2.27. The molecule has 3 nitrogen and oxygen atoms in total. The Hall–Kier alpha value is -3.52. The lowest BCUT2D eigenvalue weighted by Gasteiger charge is -2.19. The second-order valence-corrected chi connectivity index (χ2v) is 8.64. The molecule has 0 spiro atoms. The van der Waals surface area contributed by atoms with Crippen molar-refractivity contribution >= 4 is 29.9 Å². The van der Waals surface area contributed by atoms with Gasteiger partial charge in [-0.2, -0.15) is 13.2 Å². The van der Waals surface area contributed by atoms with Crippen LogP contribution in [0.3, 0.4) is 0 Å². The van der Waals surface area contributed by atoms with Crippen LogP contribution >= 0.6 is 11.6 Å². The highest BCUT2D eigenvalue weighted by molar-refractivity contribution is 6.30. The summed E-state index contributed by atoms with van der Waals surface area (Å²) in [6.07, 6.45) is -2.17. The van der Waals surface area contributed by atoms with Crippen LogP contribution < -0.4 is 0 Å². The molecule has 3 aromatic carbocycles. The predicted octanol–water partition coefficient (Wildman–Crippen LogP) is 7.37. The average molecular weight is 522 g/mol. The number of carbonyl (C=O) groups excluding carboxylic acids is 2. The molecule has 0 aliphatic carbocycles. The van der Waals surface area contributed by atoms with Gasteiger partial charge in [-0.3, -0.25) is 9.59 Å². The first-order valence-electron chi connectivity index (χ1n) is 10.7. The summed E-state index contributed by atoms with van der Waals surface area (Å²) in [5.41, 5.74) is 0.410. The van der Waals surface area contributed by atoms with Crippen molar-refractivity contribution < 1.29 is 31.5 Å². The number of aldehydes is 1. The van der Waals surface area contributed by atoms with E-state index in [-0.39, 0.29) is 39.9 Å². The van der Waals surface area contributed by atoms with Gasteiger partial charge in [-0.25, -0.2) is 8.78 Å². The van der Waals surface area contributed by atoms with E-state index in [0.717, 1.165) is 30.4 Å². The molecule has 0 aliphatic rings. The minimum absolute atomic E-state index is 0.0232. The van der Waals surface area contributed by atoms with E-state index in [1.807, 2.05) is 0 Å². The van der Waals surface area contributed by atoms with Crippen molar-refractivity contribution in [2.24, 2.45) is 0 Å². The standard InChI is InChI=1S/C27H21ClF5NO2/c1-16-11-20(13-23(28)25(16)30)22(27(31,32)33)10-8-17-7-9-18(24(29)12-17)14-34(2)26(36)21-6-4-3-5-19(21)15-35/h3-13,15,22H,14H2,1-2H3/b10-8+. The Bertz CT molecular complexity index is 1300. The maximum Gasteiger partial charge on any atom is 0.399 e. The number of hydrogen-bond acceptors (Lipinski definition) is 2. The number of allylic oxidation sites excluding steroid dienone is 1. The van der Waals surface area contributed by atoms with Gasteiger partial charge in [-0.1, -0.05) is 60.2 Å². The van der Waals surface area contributed by atoms with Crippen LogP contribution in [0.25, 0.3) is 6.08 Å². The summed E-state index contributed by atoms with van der Waals surface area (Å²) < 4.78 is 69.6. The SMILES string of the molecule is Cc1cc(C(/C=C/c2ccc(CN(C)C(=O)c3ccccc3C=O)c(F)c2)C(F)(F)F)cc(Cl)c1F. The molecular weight excluding hydrogens is 501 g/mol. The Morgan fingerprint density at radius 1 is 1.08 bits per heavy atom. The van der Waals surface area contributed by atoms with Gasteiger partial charge < -0.3 is 4.90 Å². The number of hydrogen-bond donors (Lipinski definition) is 0. The van der Waals surface area contributed by atoms with Crippen LogP contribution in [0.2, 0.25) is 5.02 Å². The minimum atomic E-state index is -4.69. The Morgan fingerprint density at radius 2 is 1.78 bits per heavy atom. The van der Waals surface area contributed by atoms with Crippen molar-refractivity contribution in [1.82, 2.24) is 4.90 Å². The van der Waals surface area contributed by atoms with Gasteiger partial charge in [0, 0.05) is 24.7 Å². The number of carbonyl (C=O) groups is 2. The number of alkyl halides is 3. The van der Waals surface area contributed by atoms with Crippen LogP contribution in [0.15, 0.2) is 60.7 Å². The number of aryl methyl sites for hydroxylation is 1. The molecule has 0 fully saturated rings. The number of rotatable bonds is 7. The number of benzene rings is 3. The Balaban J connectivity index is 1.81. The topological polar surface area (TPSA) is 37.4 Å². The fourth-order valence-electron chi connectivity index (χ4n) is 3.67. The predicted molar refractivity (Wildman–Crippen MR) is 128 cm³/mol. The first-order valence-corrected chi connectivity index (χ1v) is 11.1. The lowest BCUT2D eigenvalue weighted by molar-refractivity contribution is -0.139. The van der Waals surface area contributed by atoms with Crippen molar-refractivity contribution in [3.8, 4) is 0 Å². The molecule has 0 saturated heterocycles. The normalized spacial score (nSPS) is 12.6. The molecule has 0 N–H and O–H groups in total. The second-order valence-electron chi connectivity index (χ2n) is 8.23. The third-order valence-corrected chi connectivity index (χ3v) is 5.85. The maximum atomic E-state index is 14.7. The molecule has 9 heteroatoms. The summed E-state index contributed by atoms with van der Waals surface area (Å²) >= 11 is 5.73. The molecule has 1 amide bonds. The summed E-state index contributed by atoms with van der Waals surface area (Å²) in [4.78, 5) is 25.1. The van der Waals surface area contributed by atoms with Crippen LogP contribution in [0, 0.1) is 18.6 Å². The fourth-order valence-corrected chi connectivity index (χ4v) is 3.95. The molecule has 0 aromatic heterocycles. The van der Waals surface area contributed by atoms with Crippen molar-refractivity contribution in [2.75, 3.05) is 7.05 Å². The Morgan fingerprint density at radius 3 is 2.39 bits per heavy atom. The van der Waals surface area contributed by atoms with Gasteiger partial charge in [0.15, 0.2) is 6.29 Å². The third kappa shape index (κ3) is 6.18. The quantitative estimate of drug-likeness (QED) is 0.240. The highest BCUT2D eigenvalue weighted by Crippen LogP contribution is 2.38. The van der Waals surface area contributed by atoms with Gasteiger partial charge >= 0.3 is 6.18 Å². The summed E-state index contributed by atoms with van der Waals surface area (Å²) in [7, 11) is 1.45. The van der Waals surface area contributed by atoms with E-state index >= 15 is 0 Å². The molecule has 0 heterocycles. The van der Waals surface area contributed by atoms with Crippen LogP contribution in [0.4, 0.5) is 22.0 Å². The first-order chi connectivity index (χ1) is 16.9. The van der Waals surface area contributed by atoms with E-state index in [0.29, 0.717) is 6.29 Å². The lowest BCUT2D eigenvalue weighted by atomic mass is 9.95. The summed E-state index contributed by atoms with van der Waals surface area (Å²) in [6.45, 7) is 1.19. The molecule has 3 rings (SSSR count).